The third kappa shape index (κ3) is 2.17. The first-order chi connectivity index (χ1) is 8.67. The Morgan fingerprint density at radius 3 is 2.72 bits per heavy atom. The second-order valence-corrected chi connectivity index (χ2v) is 5.86. The van der Waals surface area contributed by atoms with E-state index in [9.17, 15) is 0 Å². The van der Waals surface area contributed by atoms with Gasteiger partial charge in [0.25, 0.3) is 0 Å². The molecule has 1 unspecified atom stereocenters. The zero-order valence-corrected chi connectivity index (χ0v) is 10.9. The topological polar surface area (TPSA) is 74.2 Å². The van der Waals surface area contributed by atoms with Crippen LogP contribution in [0.3, 0.4) is 0 Å². The van der Waals surface area contributed by atoms with Gasteiger partial charge in [-0.1, -0.05) is 12.1 Å². The summed E-state index contributed by atoms with van der Waals surface area (Å²) in [5, 5.41) is 4.09. The van der Waals surface area contributed by atoms with E-state index in [-0.39, 0.29) is 5.92 Å². The van der Waals surface area contributed by atoms with E-state index in [2.05, 4.69) is 17.1 Å². The second kappa shape index (κ2) is 4.63. The van der Waals surface area contributed by atoms with Gasteiger partial charge in [-0.05, 0) is 38.0 Å². The number of nitrogens with zero attached hydrogens (tertiary/aromatic N) is 2. The first kappa shape index (κ1) is 12.1. The van der Waals surface area contributed by atoms with E-state index in [1.165, 1.54) is 0 Å². The van der Waals surface area contributed by atoms with Gasteiger partial charge in [0.05, 0.1) is 12.1 Å². The van der Waals surface area contributed by atoms with Gasteiger partial charge in [0, 0.05) is 12.5 Å². The fraction of sp³-hybridized carbons (Fsp3) is 0.846. The molecular formula is C13H21N3O2. The first-order valence-electron chi connectivity index (χ1n) is 6.88. The Balaban J connectivity index is 1.75. The molecule has 3 rings (SSSR count). The SMILES string of the molecule is CC1CCC(N)(c2nc(C3CCOC3)no2)CC1. The van der Waals surface area contributed by atoms with E-state index in [1.807, 2.05) is 0 Å². The number of nitrogens with two attached hydrogens (primary N) is 1. The van der Waals surface area contributed by atoms with Gasteiger partial charge in [-0.2, -0.15) is 4.98 Å². The molecule has 1 aromatic heterocycles. The molecule has 2 N–H and O–H groups in total. The van der Waals surface area contributed by atoms with Crippen molar-refractivity contribution in [3.8, 4) is 0 Å². The van der Waals surface area contributed by atoms with Crippen molar-refractivity contribution in [3.63, 3.8) is 0 Å². The molecule has 1 atom stereocenters. The molecule has 5 heteroatoms. The van der Waals surface area contributed by atoms with Crippen molar-refractivity contribution in [1.82, 2.24) is 10.1 Å². The predicted molar refractivity (Wildman–Crippen MR) is 66.0 cm³/mol. The van der Waals surface area contributed by atoms with Crippen molar-refractivity contribution in [1.29, 1.82) is 0 Å². The lowest BCUT2D eigenvalue weighted by molar-refractivity contribution is 0.189. The van der Waals surface area contributed by atoms with Crippen LogP contribution in [0.15, 0.2) is 4.52 Å². The minimum Gasteiger partial charge on any atom is -0.381 e. The van der Waals surface area contributed by atoms with Gasteiger partial charge in [0.1, 0.15) is 0 Å². The molecule has 100 valence electrons. The lowest BCUT2D eigenvalue weighted by atomic mass is 9.78. The molecule has 1 saturated heterocycles. The molecule has 1 aliphatic carbocycles. The van der Waals surface area contributed by atoms with Crippen LogP contribution in [0.4, 0.5) is 0 Å². The fourth-order valence-corrected chi connectivity index (χ4v) is 2.83. The van der Waals surface area contributed by atoms with E-state index in [1.54, 1.807) is 0 Å². The number of aromatic nitrogens is 2. The highest BCUT2D eigenvalue weighted by Crippen LogP contribution is 2.37. The molecule has 5 nitrogen and oxygen atoms in total. The molecule has 2 fully saturated rings. The minimum atomic E-state index is -0.406. The van der Waals surface area contributed by atoms with Gasteiger partial charge >= 0.3 is 0 Å². The molecule has 2 aliphatic rings. The second-order valence-electron chi connectivity index (χ2n) is 5.86. The van der Waals surface area contributed by atoms with Crippen molar-refractivity contribution in [2.75, 3.05) is 13.2 Å². The van der Waals surface area contributed by atoms with Crippen molar-refractivity contribution in [2.45, 2.75) is 50.5 Å². The standard InChI is InChI=1S/C13H21N3O2/c1-9-2-5-13(14,6-3-9)12-15-11(16-18-12)10-4-7-17-8-10/h9-10H,2-8,14H2,1H3. The first-order valence-corrected chi connectivity index (χ1v) is 6.88. The van der Waals surface area contributed by atoms with Crippen LogP contribution in [0.1, 0.15) is 56.7 Å². The molecule has 18 heavy (non-hydrogen) atoms. The van der Waals surface area contributed by atoms with Crippen molar-refractivity contribution in [3.05, 3.63) is 11.7 Å². The third-order valence-corrected chi connectivity index (χ3v) is 4.33. The van der Waals surface area contributed by atoms with Crippen LogP contribution in [0, 0.1) is 5.92 Å². The number of hydrogen-bond donors (Lipinski definition) is 1. The van der Waals surface area contributed by atoms with Gasteiger partial charge in [-0.15, -0.1) is 0 Å². The smallest absolute Gasteiger partial charge is 0.246 e. The van der Waals surface area contributed by atoms with Gasteiger partial charge in [0.2, 0.25) is 5.89 Å². The highest BCUT2D eigenvalue weighted by Gasteiger charge is 2.37. The van der Waals surface area contributed by atoms with Gasteiger partial charge < -0.3 is 15.0 Å². The number of hydrogen-bond acceptors (Lipinski definition) is 5. The summed E-state index contributed by atoms with van der Waals surface area (Å²) in [6, 6.07) is 0. The summed E-state index contributed by atoms with van der Waals surface area (Å²) >= 11 is 0. The predicted octanol–water partition coefficient (Wildman–Crippen LogP) is 1.94. The Morgan fingerprint density at radius 1 is 1.28 bits per heavy atom. The highest BCUT2D eigenvalue weighted by molar-refractivity contribution is 5.07. The van der Waals surface area contributed by atoms with Gasteiger partial charge in [-0.3, -0.25) is 0 Å². The third-order valence-electron chi connectivity index (χ3n) is 4.33. The molecule has 0 spiro atoms. The fourth-order valence-electron chi connectivity index (χ4n) is 2.83. The van der Waals surface area contributed by atoms with Crippen molar-refractivity contribution >= 4 is 0 Å². The maximum Gasteiger partial charge on any atom is 0.246 e. The van der Waals surface area contributed by atoms with Crippen LogP contribution in [0.25, 0.3) is 0 Å². The largest absolute Gasteiger partial charge is 0.381 e. The number of ether oxygens (including phenoxy) is 1. The van der Waals surface area contributed by atoms with E-state index in [4.69, 9.17) is 15.0 Å². The molecule has 0 aromatic carbocycles. The quantitative estimate of drug-likeness (QED) is 0.869. The summed E-state index contributed by atoms with van der Waals surface area (Å²) in [6.45, 7) is 3.77. The summed E-state index contributed by atoms with van der Waals surface area (Å²) in [7, 11) is 0. The Morgan fingerprint density at radius 2 is 2.06 bits per heavy atom. The van der Waals surface area contributed by atoms with Crippen LogP contribution in [0.5, 0.6) is 0 Å². The lowest BCUT2D eigenvalue weighted by Crippen LogP contribution is -2.40. The molecule has 2 heterocycles. The molecule has 0 bridgehead atoms. The molecule has 1 aliphatic heterocycles. The molecule has 0 amide bonds. The lowest BCUT2D eigenvalue weighted by Gasteiger charge is -2.32. The maximum absolute atomic E-state index is 6.43. The summed E-state index contributed by atoms with van der Waals surface area (Å²) in [4.78, 5) is 4.53. The van der Waals surface area contributed by atoms with Gasteiger partial charge in [0.15, 0.2) is 5.82 Å². The normalized spacial score (nSPS) is 37.0. The van der Waals surface area contributed by atoms with Gasteiger partial charge in [-0.25, -0.2) is 0 Å². The summed E-state index contributed by atoms with van der Waals surface area (Å²) < 4.78 is 10.8. The van der Waals surface area contributed by atoms with Crippen molar-refractivity contribution < 1.29 is 9.26 Å². The molecule has 1 saturated carbocycles. The Labute approximate surface area is 107 Å². The van der Waals surface area contributed by atoms with Crippen LogP contribution in [-0.4, -0.2) is 23.4 Å². The molecule has 1 aromatic rings. The highest BCUT2D eigenvalue weighted by atomic mass is 16.5. The Bertz CT molecular complexity index is 404. The van der Waals surface area contributed by atoms with E-state index in [0.29, 0.717) is 12.5 Å². The van der Waals surface area contributed by atoms with Crippen LogP contribution in [0.2, 0.25) is 0 Å². The van der Waals surface area contributed by atoms with Crippen LogP contribution < -0.4 is 5.73 Å². The van der Waals surface area contributed by atoms with Crippen LogP contribution >= 0.6 is 0 Å². The summed E-state index contributed by atoms with van der Waals surface area (Å²) in [5.41, 5.74) is 6.02. The number of rotatable bonds is 2. The van der Waals surface area contributed by atoms with E-state index < -0.39 is 5.54 Å². The van der Waals surface area contributed by atoms with Crippen molar-refractivity contribution in [2.24, 2.45) is 11.7 Å². The Kier molecular flexibility index (Phi) is 3.11. The maximum atomic E-state index is 6.43. The van der Waals surface area contributed by atoms with E-state index in [0.717, 1.165) is 50.5 Å². The zero-order valence-electron chi connectivity index (χ0n) is 10.9. The average Bonchev–Trinajstić information content (AvgIpc) is 3.01. The van der Waals surface area contributed by atoms with E-state index >= 15 is 0 Å². The molecule has 0 radical (unpaired) electrons. The molecular weight excluding hydrogens is 230 g/mol. The summed E-state index contributed by atoms with van der Waals surface area (Å²) in [6.07, 6.45) is 5.14. The monoisotopic (exact) mass is 251 g/mol. The minimum absolute atomic E-state index is 0.286. The van der Waals surface area contributed by atoms with Crippen LogP contribution in [-0.2, 0) is 10.3 Å². The Hall–Kier alpha value is -0.940. The zero-order chi connectivity index (χ0) is 12.6. The summed E-state index contributed by atoms with van der Waals surface area (Å²) in [5.74, 6) is 2.43. The average molecular weight is 251 g/mol.